The lowest BCUT2D eigenvalue weighted by molar-refractivity contribution is 0.0983. The van der Waals surface area contributed by atoms with Crippen LogP contribution in [-0.2, 0) is 9.47 Å². The molecule has 1 aromatic heterocycles. The molecule has 3 aromatic rings. The number of ether oxygens (including phenoxy) is 2. The second kappa shape index (κ2) is 8.98. The van der Waals surface area contributed by atoms with Crippen molar-refractivity contribution in [3.05, 3.63) is 108 Å². The molecular weight excluding hydrogens is 402 g/mol. The Kier molecular flexibility index (Phi) is 5.94. The summed E-state index contributed by atoms with van der Waals surface area (Å²) >= 11 is 0. The zero-order chi connectivity index (χ0) is 22.7. The van der Waals surface area contributed by atoms with Crippen LogP contribution < -0.4 is 4.90 Å². The molecule has 0 aliphatic carbocycles. The van der Waals surface area contributed by atoms with Gasteiger partial charge in [0.25, 0.3) is 5.91 Å². The van der Waals surface area contributed by atoms with Crippen molar-refractivity contribution >= 4 is 11.6 Å². The van der Waals surface area contributed by atoms with E-state index in [0.717, 1.165) is 22.4 Å². The Bertz CT molecular complexity index is 1190. The van der Waals surface area contributed by atoms with Crippen molar-refractivity contribution < 1.29 is 14.3 Å². The lowest BCUT2D eigenvalue weighted by Gasteiger charge is -2.27. The SMILES string of the molecule is C=C/C=C(\C=C(/OC)C1c2c(-c3ccccc3)n[nH]c2C(=O)N1c1ccc(C)cc1)OC. The fraction of sp³-hybridized carbons (Fsp3) is 0.154. The van der Waals surface area contributed by atoms with Crippen LogP contribution in [0, 0.1) is 6.92 Å². The number of rotatable bonds is 7. The number of carbonyl (C=O) groups excluding carboxylic acids is 1. The lowest BCUT2D eigenvalue weighted by atomic mass is 9.99. The van der Waals surface area contributed by atoms with Crippen molar-refractivity contribution in [3.8, 4) is 11.3 Å². The molecular formula is C26H25N3O3. The summed E-state index contributed by atoms with van der Waals surface area (Å²) in [4.78, 5) is 15.3. The third-order valence-electron chi connectivity index (χ3n) is 5.44. The number of aryl methyl sites for hydroxylation is 1. The molecule has 0 saturated heterocycles. The van der Waals surface area contributed by atoms with Crippen molar-refractivity contribution in [1.82, 2.24) is 10.2 Å². The molecule has 0 spiro atoms. The third-order valence-corrected chi connectivity index (χ3v) is 5.44. The maximum atomic E-state index is 13.5. The number of carbonyl (C=O) groups is 1. The predicted molar refractivity (Wildman–Crippen MR) is 125 cm³/mol. The molecule has 4 rings (SSSR count). The molecule has 0 fully saturated rings. The number of fused-ring (bicyclic) bond motifs is 1. The third kappa shape index (κ3) is 3.71. The molecule has 0 bridgehead atoms. The van der Waals surface area contributed by atoms with Crippen LogP contribution in [0.2, 0.25) is 0 Å². The Balaban J connectivity index is 1.93. The lowest BCUT2D eigenvalue weighted by Crippen LogP contribution is -2.30. The molecule has 2 heterocycles. The van der Waals surface area contributed by atoms with Gasteiger partial charge in [0.15, 0.2) is 0 Å². The van der Waals surface area contributed by atoms with E-state index in [-0.39, 0.29) is 5.91 Å². The minimum Gasteiger partial charge on any atom is -0.498 e. The van der Waals surface area contributed by atoms with Crippen LogP contribution in [0.4, 0.5) is 5.69 Å². The Morgan fingerprint density at radius 2 is 1.81 bits per heavy atom. The first-order chi connectivity index (χ1) is 15.6. The molecule has 1 aliphatic rings. The second-order valence-corrected chi connectivity index (χ2v) is 7.40. The van der Waals surface area contributed by atoms with Crippen molar-refractivity contribution in [2.75, 3.05) is 19.1 Å². The van der Waals surface area contributed by atoms with Gasteiger partial charge in [0, 0.05) is 22.9 Å². The number of methoxy groups -OCH3 is 2. The Morgan fingerprint density at radius 3 is 2.44 bits per heavy atom. The first-order valence-corrected chi connectivity index (χ1v) is 10.2. The minimum atomic E-state index is -0.525. The normalized spacial score (nSPS) is 16.2. The minimum absolute atomic E-state index is 0.168. The van der Waals surface area contributed by atoms with Gasteiger partial charge in [-0.25, -0.2) is 0 Å². The van der Waals surface area contributed by atoms with E-state index in [4.69, 9.17) is 9.47 Å². The summed E-state index contributed by atoms with van der Waals surface area (Å²) in [6.45, 7) is 5.75. The highest BCUT2D eigenvalue weighted by Gasteiger charge is 2.44. The number of nitrogens with zero attached hydrogens (tertiary/aromatic N) is 2. The summed E-state index contributed by atoms with van der Waals surface area (Å²) < 4.78 is 11.3. The monoisotopic (exact) mass is 427 g/mol. The maximum Gasteiger partial charge on any atom is 0.277 e. The van der Waals surface area contributed by atoms with Crippen LogP contribution in [0.5, 0.6) is 0 Å². The molecule has 1 N–H and O–H groups in total. The van der Waals surface area contributed by atoms with Gasteiger partial charge in [0.05, 0.1) is 19.9 Å². The topological polar surface area (TPSA) is 67.5 Å². The standard InChI is InChI=1S/C26H25N3O3/c1-5-9-20(31-3)16-21(32-4)25-22-23(18-10-7-6-8-11-18)27-28-24(22)26(30)29(25)19-14-12-17(2)13-15-19/h5-16,25H,1H2,2-4H3,(H,27,28)/b20-9+,21-16-. The van der Waals surface area contributed by atoms with Crippen molar-refractivity contribution in [2.24, 2.45) is 0 Å². The van der Waals surface area contributed by atoms with Gasteiger partial charge in [0.1, 0.15) is 23.3 Å². The fourth-order valence-corrected chi connectivity index (χ4v) is 3.88. The first-order valence-electron chi connectivity index (χ1n) is 10.2. The Labute approximate surface area is 187 Å². The second-order valence-electron chi connectivity index (χ2n) is 7.40. The largest absolute Gasteiger partial charge is 0.498 e. The molecule has 6 nitrogen and oxygen atoms in total. The zero-order valence-corrected chi connectivity index (χ0v) is 18.3. The Morgan fingerprint density at radius 1 is 1.09 bits per heavy atom. The number of nitrogens with one attached hydrogen (secondary N) is 1. The smallest absolute Gasteiger partial charge is 0.277 e. The summed E-state index contributed by atoms with van der Waals surface area (Å²) in [5, 5.41) is 7.45. The highest BCUT2D eigenvalue weighted by atomic mass is 16.5. The number of amides is 1. The van der Waals surface area contributed by atoms with Crippen LogP contribution in [0.3, 0.4) is 0 Å². The van der Waals surface area contributed by atoms with Gasteiger partial charge in [-0.15, -0.1) is 0 Å². The van der Waals surface area contributed by atoms with E-state index < -0.39 is 6.04 Å². The highest BCUT2D eigenvalue weighted by molar-refractivity contribution is 6.11. The van der Waals surface area contributed by atoms with E-state index in [0.29, 0.717) is 22.9 Å². The fourth-order valence-electron chi connectivity index (χ4n) is 3.88. The summed E-state index contributed by atoms with van der Waals surface area (Å²) in [5.41, 5.74) is 4.72. The maximum absolute atomic E-state index is 13.5. The van der Waals surface area contributed by atoms with E-state index in [9.17, 15) is 4.79 Å². The van der Waals surface area contributed by atoms with Gasteiger partial charge in [-0.1, -0.05) is 60.7 Å². The van der Waals surface area contributed by atoms with Crippen LogP contribution in [0.1, 0.15) is 27.7 Å². The average molecular weight is 428 g/mol. The number of benzene rings is 2. The number of hydrogen-bond donors (Lipinski definition) is 1. The van der Waals surface area contributed by atoms with Crippen molar-refractivity contribution in [1.29, 1.82) is 0 Å². The molecule has 1 atom stereocenters. The summed E-state index contributed by atoms with van der Waals surface area (Å²) in [6.07, 6.45) is 5.15. The van der Waals surface area contributed by atoms with Crippen molar-refractivity contribution in [3.63, 3.8) is 0 Å². The predicted octanol–water partition coefficient (Wildman–Crippen LogP) is 5.33. The first kappa shape index (κ1) is 21.2. The van der Waals surface area contributed by atoms with E-state index >= 15 is 0 Å². The number of hydrogen-bond acceptors (Lipinski definition) is 4. The van der Waals surface area contributed by atoms with E-state index in [1.54, 1.807) is 37.3 Å². The number of H-pyrrole nitrogens is 1. The highest BCUT2D eigenvalue weighted by Crippen LogP contribution is 2.45. The molecule has 32 heavy (non-hydrogen) atoms. The van der Waals surface area contributed by atoms with Gasteiger partial charge >= 0.3 is 0 Å². The number of anilines is 1. The zero-order valence-electron chi connectivity index (χ0n) is 18.3. The van der Waals surface area contributed by atoms with Crippen LogP contribution in [0.25, 0.3) is 11.3 Å². The quantitative estimate of drug-likeness (QED) is 0.409. The van der Waals surface area contributed by atoms with Gasteiger partial charge in [0.2, 0.25) is 0 Å². The molecule has 0 radical (unpaired) electrons. The van der Waals surface area contributed by atoms with Gasteiger partial charge < -0.3 is 9.47 Å². The van der Waals surface area contributed by atoms with Crippen LogP contribution in [-0.4, -0.2) is 30.3 Å². The summed E-state index contributed by atoms with van der Waals surface area (Å²) in [5.74, 6) is 0.940. The Hall–Kier alpha value is -4.06. The van der Waals surface area contributed by atoms with Gasteiger partial charge in [-0.05, 0) is 25.1 Å². The molecule has 1 aliphatic heterocycles. The molecule has 1 unspecified atom stereocenters. The number of aromatic nitrogens is 2. The molecule has 2 aromatic carbocycles. The summed E-state index contributed by atoms with van der Waals surface area (Å²) in [6, 6.07) is 17.1. The molecule has 0 saturated carbocycles. The van der Waals surface area contributed by atoms with Gasteiger partial charge in [-0.3, -0.25) is 14.8 Å². The van der Waals surface area contributed by atoms with E-state index in [1.165, 1.54) is 0 Å². The molecule has 162 valence electrons. The van der Waals surface area contributed by atoms with E-state index in [1.807, 2.05) is 61.5 Å². The number of aromatic amines is 1. The molecule has 1 amide bonds. The van der Waals surface area contributed by atoms with E-state index in [2.05, 4.69) is 16.8 Å². The summed E-state index contributed by atoms with van der Waals surface area (Å²) in [7, 11) is 3.17. The number of allylic oxidation sites excluding steroid dienone is 3. The average Bonchev–Trinajstić information content (AvgIpc) is 3.37. The van der Waals surface area contributed by atoms with Crippen LogP contribution in [0.15, 0.2) is 90.9 Å². The van der Waals surface area contributed by atoms with Gasteiger partial charge in [-0.2, -0.15) is 5.10 Å². The molecule has 6 heteroatoms. The van der Waals surface area contributed by atoms with Crippen molar-refractivity contribution in [2.45, 2.75) is 13.0 Å². The van der Waals surface area contributed by atoms with Crippen LogP contribution >= 0.6 is 0 Å².